The van der Waals surface area contributed by atoms with Crippen LogP contribution in [0.4, 0.5) is 11.4 Å². The van der Waals surface area contributed by atoms with E-state index in [1.54, 1.807) is 6.07 Å². The van der Waals surface area contributed by atoms with E-state index in [2.05, 4.69) is 10.7 Å². The predicted octanol–water partition coefficient (Wildman–Crippen LogP) is 0.619. The average molecular weight is 190 g/mol. The summed E-state index contributed by atoms with van der Waals surface area (Å²) in [5.74, 6) is 1.83. The molecule has 0 amide bonds. The lowest BCUT2D eigenvalue weighted by atomic mass is 10.1. The molecular weight excluding hydrogens is 180 g/mol. The summed E-state index contributed by atoms with van der Waals surface area (Å²) in [5.41, 5.74) is 12.3. The molecule has 0 saturated heterocycles. The van der Waals surface area contributed by atoms with Crippen LogP contribution in [-0.4, -0.2) is 13.1 Å². The summed E-state index contributed by atoms with van der Waals surface area (Å²) in [7, 11) is 1.27. The van der Waals surface area contributed by atoms with Gasteiger partial charge >= 0.3 is 5.97 Å². The fourth-order valence-corrected chi connectivity index (χ4v) is 1.05. The molecule has 0 radical (unpaired) electrons. The van der Waals surface area contributed by atoms with Crippen LogP contribution in [0, 0.1) is 12.3 Å². The van der Waals surface area contributed by atoms with Gasteiger partial charge in [0.1, 0.15) is 0 Å². The zero-order valence-corrected chi connectivity index (χ0v) is 7.70. The maximum Gasteiger partial charge on any atom is 0.340 e. The molecule has 1 aromatic carbocycles. The molecule has 0 atom stereocenters. The van der Waals surface area contributed by atoms with Gasteiger partial charge in [-0.25, -0.2) is 4.79 Å². The van der Waals surface area contributed by atoms with Gasteiger partial charge in [0.15, 0.2) is 0 Å². The number of hydrogen-bond donors (Lipinski definition) is 2. The van der Waals surface area contributed by atoms with E-state index < -0.39 is 5.97 Å². The standard InChI is InChI=1S/C10H10N2O2/c1-3-6-4-5-7(10(13)14-2)9(12)8(6)11/h1,4-5H,11-12H2,2H3. The molecule has 0 bridgehead atoms. The Morgan fingerprint density at radius 2 is 2.07 bits per heavy atom. The zero-order valence-electron chi connectivity index (χ0n) is 7.70. The molecule has 72 valence electrons. The number of benzene rings is 1. The number of ether oxygens (including phenoxy) is 1. The van der Waals surface area contributed by atoms with Crippen molar-refractivity contribution < 1.29 is 9.53 Å². The molecule has 0 fully saturated rings. The first kappa shape index (κ1) is 9.93. The van der Waals surface area contributed by atoms with Crippen molar-refractivity contribution in [1.29, 1.82) is 0 Å². The Kier molecular flexibility index (Phi) is 2.63. The summed E-state index contributed by atoms with van der Waals surface area (Å²) in [5, 5.41) is 0. The Labute approximate surface area is 81.8 Å². The number of hydrogen-bond acceptors (Lipinski definition) is 4. The van der Waals surface area contributed by atoms with Crippen LogP contribution in [0.3, 0.4) is 0 Å². The first-order valence-electron chi connectivity index (χ1n) is 3.84. The lowest BCUT2D eigenvalue weighted by Crippen LogP contribution is -2.08. The van der Waals surface area contributed by atoms with Gasteiger partial charge in [-0.15, -0.1) is 6.42 Å². The van der Waals surface area contributed by atoms with Gasteiger partial charge in [-0.2, -0.15) is 0 Å². The lowest BCUT2D eigenvalue weighted by molar-refractivity contribution is 0.0602. The van der Waals surface area contributed by atoms with Crippen molar-refractivity contribution >= 4 is 17.3 Å². The number of nitrogens with two attached hydrogens (primary N) is 2. The van der Waals surface area contributed by atoms with Crippen molar-refractivity contribution in [2.45, 2.75) is 0 Å². The number of carbonyl (C=O) groups excluding carboxylic acids is 1. The van der Waals surface area contributed by atoms with Crippen LogP contribution in [-0.2, 0) is 4.74 Å². The molecule has 0 heterocycles. The summed E-state index contributed by atoms with van der Waals surface area (Å²) in [6.07, 6.45) is 5.18. The summed E-state index contributed by atoms with van der Waals surface area (Å²) >= 11 is 0. The van der Waals surface area contributed by atoms with Gasteiger partial charge in [0.05, 0.1) is 24.0 Å². The second-order valence-corrected chi connectivity index (χ2v) is 2.62. The van der Waals surface area contributed by atoms with E-state index in [4.69, 9.17) is 17.9 Å². The molecule has 4 N–H and O–H groups in total. The minimum atomic E-state index is -0.530. The quantitative estimate of drug-likeness (QED) is 0.386. The van der Waals surface area contributed by atoms with E-state index >= 15 is 0 Å². The van der Waals surface area contributed by atoms with E-state index in [1.807, 2.05) is 0 Å². The topological polar surface area (TPSA) is 78.3 Å². The van der Waals surface area contributed by atoms with Gasteiger partial charge in [-0.3, -0.25) is 0 Å². The molecule has 0 aliphatic rings. The Balaban J connectivity index is 3.33. The Hall–Kier alpha value is -2.15. The third-order valence-corrected chi connectivity index (χ3v) is 1.85. The van der Waals surface area contributed by atoms with Crippen molar-refractivity contribution in [2.24, 2.45) is 0 Å². The molecule has 0 aromatic heterocycles. The zero-order chi connectivity index (χ0) is 10.7. The van der Waals surface area contributed by atoms with Crippen molar-refractivity contribution in [3.63, 3.8) is 0 Å². The molecule has 0 aliphatic carbocycles. The lowest BCUT2D eigenvalue weighted by Gasteiger charge is -2.07. The Morgan fingerprint density at radius 1 is 1.43 bits per heavy atom. The van der Waals surface area contributed by atoms with Gasteiger partial charge in [0.25, 0.3) is 0 Å². The van der Waals surface area contributed by atoms with Crippen LogP contribution < -0.4 is 11.5 Å². The molecule has 0 saturated carbocycles. The van der Waals surface area contributed by atoms with E-state index in [0.717, 1.165) is 0 Å². The molecule has 0 unspecified atom stereocenters. The summed E-state index contributed by atoms with van der Waals surface area (Å²) < 4.78 is 4.52. The monoisotopic (exact) mass is 190 g/mol. The van der Waals surface area contributed by atoms with Crippen molar-refractivity contribution in [2.75, 3.05) is 18.6 Å². The van der Waals surface area contributed by atoms with E-state index in [0.29, 0.717) is 5.56 Å². The number of nitrogen functional groups attached to an aromatic ring is 2. The highest BCUT2D eigenvalue weighted by Gasteiger charge is 2.13. The van der Waals surface area contributed by atoms with Gasteiger partial charge in [0, 0.05) is 5.56 Å². The van der Waals surface area contributed by atoms with Gasteiger partial charge in [-0.05, 0) is 12.1 Å². The summed E-state index contributed by atoms with van der Waals surface area (Å²) in [6.45, 7) is 0. The number of methoxy groups -OCH3 is 1. The summed E-state index contributed by atoms with van der Waals surface area (Å²) in [4.78, 5) is 11.2. The van der Waals surface area contributed by atoms with Gasteiger partial charge < -0.3 is 16.2 Å². The van der Waals surface area contributed by atoms with Crippen molar-refractivity contribution in [3.8, 4) is 12.3 Å². The summed E-state index contributed by atoms with van der Waals surface area (Å²) in [6, 6.07) is 3.05. The minimum Gasteiger partial charge on any atom is -0.465 e. The van der Waals surface area contributed by atoms with E-state index in [-0.39, 0.29) is 16.9 Å². The average Bonchev–Trinajstić information content (AvgIpc) is 2.21. The molecule has 0 spiro atoms. The van der Waals surface area contributed by atoms with E-state index in [9.17, 15) is 4.79 Å². The Morgan fingerprint density at radius 3 is 2.57 bits per heavy atom. The fraction of sp³-hybridized carbons (Fsp3) is 0.100. The highest BCUT2D eigenvalue weighted by Crippen LogP contribution is 2.24. The number of rotatable bonds is 1. The highest BCUT2D eigenvalue weighted by molar-refractivity contribution is 5.98. The normalized spacial score (nSPS) is 9.14. The van der Waals surface area contributed by atoms with E-state index in [1.165, 1.54) is 13.2 Å². The SMILES string of the molecule is C#Cc1ccc(C(=O)OC)c(N)c1N. The Bertz CT molecular complexity index is 419. The number of esters is 1. The third-order valence-electron chi connectivity index (χ3n) is 1.85. The van der Waals surface area contributed by atoms with Gasteiger partial charge in [-0.1, -0.05) is 5.92 Å². The van der Waals surface area contributed by atoms with Gasteiger partial charge in [0.2, 0.25) is 0 Å². The molecular formula is C10H10N2O2. The second kappa shape index (κ2) is 3.71. The maximum absolute atomic E-state index is 11.2. The van der Waals surface area contributed by atoms with Crippen LogP contribution in [0.1, 0.15) is 15.9 Å². The molecule has 1 rings (SSSR count). The first-order valence-corrected chi connectivity index (χ1v) is 3.84. The van der Waals surface area contributed by atoms with Crippen LogP contribution in [0.5, 0.6) is 0 Å². The van der Waals surface area contributed by atoms with Crippen LogP contribution in [0.25, 0.3) is 0 Å². The molecule has 0 aliphatic heterocycles. The van der Waals surface area contributed by atoms with Crippen molar-refractivity contribution in [3.05, 3.63) is 23.3 Å². The predicted molar refractivity (Wildman–Crippen MR) is 54.5 cm³/mol. The fourth-order valence-electron chi connectivity index (χ4n) is 1.05. The number of terminal acetylenes is 1. The van der Waals surface area contributed by atoms with Crippen LogP contribution in [0.2, 0.25) is 0 Å². The van der Waals surface area contributed by atoms with Crippen LogP contribution in [0.15, 0.2) is 12.1 Å². The van der Waals surface area contributed by atoms with Crippen molar-refractivity contribution in [1.82, 2.24) is 0 Å². The molecule has 4 nitrogen and oxygen atoms in total. The number of anilines is 2. The molecule has 14 heavy (non-hydrogen) atoms. The maximum atomic E-state index is 11.2. The second-order valence-electron chi connectivity index (χ2n) is 2.62. The first-order chi connectivity index (χ1) is 6.61. The molecule has 4 heteroatoms. The smallest absolute Gasteiger partial charge is 0.340 e. The number of carbonyl (C=O) groups is 1. The largest absolute Gasteiger partial charge is 0.465 e. The molecule has 1 aromatic rings. The highest BCUT2D eigenvalue weighted by atomic mass is 16.5. The third kappa shape index (κ3) is 1.48. The minimum absolute atomic E-state index is 0.160. The van der Waals surface area contributed by atoms with Crippen LogP contribution >= 0.6 is 0 Å².